The number of likely N-dealkylation sites (N-methyl/N-ethyl adjacent to an activating group) is 1. The summed E-state index contributed by atoms with van der Waals surface area (Å²) >= 11 is 0. The quantitative estimate of drug-likeness (QED) is 0.906. The minimum atomic E-state index is -0.161. The second-order valence-corrected chi connectivity index (χ2v) is 4.86. The molecule has 1 heterocycles. The minimum absolute atomic E-state index is 0.0534. The summed E-state index contributed by atoms with van der Waals surface area (Å²) in [5.41, 5.74) is 2.93. The Bertz CT molecular complexity index is 540. The second-order valence-electron chi connectivity index (χ2n) is 4.86. The number of aromatic nitrogens is 1. The lowest BCUT2D eigenvalue weighted by molar-refractivity contribution is 0.477. The van der Waals surface area contributed by atoms with E-state index in [1.54, 1.807) is 18.5 Å². The monoisotopic (exact) mass is 258 g/mol. The first kappa shape index (κ1) is 13.7. The number of rotatable bonds is 4. The number of nitrogens with zero attached hydrogens (tertiary/aromatic N) is 1. The summed E-state index contributed by atoms with van der Waals surface area (Å²) < 4.78 is 14.0. The highest BCUT2D eigenvalue weighted by atomic mass is 19.1. The maximum absolute atomic E-state index is 14.0. The average molecular weight is 258 g/mol. The van der Waals surface area contributed by atoms with Gasteiger partial charge in [0.1, 0.15) is 5.82 Å². The molecule has 1 N–H and O–H groups in total. The molecule has 0 bridgehead atoms. The van der Waals surface area contributed by atoms with Crippen LogP contribution < -0.4 is 5.32 Å². The van der Waals surface area contributed by atoms with Gasteiger partial charge in [0, 0.05) is 29.9 Å². The maximum atomic E-state index is 14.0. The summed E-state index contributed by atoms with van der Waals surface area (Å²) in [7, 11) is 1.87. The first-order valence-electron chi connectivity index (χ1n) is 6.46. The van der Waals surface area contributed by atoms with Gasteiger partial charge in [0.2, 0.25) is 0 Å². The van der Waals surface area contributed by atoms with Crippen LogP contribution in [-0.2, 0) is 0 Å². The standard InChI is InChI=1S/C16H19FN2/c1-11-4-5-15(17)14(10-11)16(18-3)12(2)13-6-8-19-9-7-13/h4-10,12,16,18H,1-3H3. The van der Waals surface area contributed by atoms with E-state index in [4.69, 9.17) is 0 Å². The molecular weight excluding hydrogens is 239 g/mol. The maximum Gasteiger partial charge on any atom is 0.128 e. The van der Waals surface area contributed by atoms with Crippen molar-refractivity contribution in [2.75, 3.05) is 7.05 Å². The van der Waals surface area contributed by atoms with E-state index in [2.05, 4.69) is 17.2 Å². The number of aryl methyl sites for hydroxylation is 1. The number of pyridine rings is 1. The van der Waals surface area contributed by atoms with Crippen LogP contribution in [0.4, 0.5) is 4.39 Å². The van der Waals surface area contributed by atoms with Crippen LogP contribution in [0.15, 0.2) is 42.7 Å². The summed E-state index contributed by atoms with van der Waals surface area (Å²) in [6.45, 7) is 4.07. The third kappa shape index (κ3) is 2.99. The molecule has 0 radical (unpaired) electrons. The number of halogens is 1. The number of nitrogens with one attached hydrogen (secondary N) is 1. The van der Waals surface area contributed by atoms with Crippen molar-refractivity contribution in [1.29, 1.82) is 0 Å². The molecule has 2 atom stereocenters. The lowest BCUT2D eigenvalue weighted by Crippen LogP contribution is -2.23. The molecular formula is C16H19FN2. The Labute approximate surface area is 113 Å². The predicted molar refractivity (Wildman–Crippen MR) is 75.6 cm³/mol. The smallest absolute Gasteiger partial charge is 0.128 e. The van der Waals surface area contributed by atoms with Crippen molar-refractivity contribution in [2.45, 2.75) is 25.8 Å². The van der Waals surface area contributed by atoms with Crippen LogP contribution in [0, 0.1) is 12.7 Å². The van der Waals surface area contributed by atoms with Crippen LogP contribution in [0.3, 0.4) is 0 Å². The van der Waals surface area contributed by atoms with E-state index in [0.717, 1.165) is 11.1 Å². The summed E-state index contributed by atoms with van der Waals surface area (Å²) in [4.78, 5) is 4.02. The molecule has 0 amide bonds. The highest BCUT2D eigenvalue weighted by Gasteiger charge is 2.22. The van der Waals surface area contributed by atoms with Gasteiger partial charge in [-0.25, -0.2) is 4.39 Å². The Morgan fingerprint density at radius 3 is 2.47 bits per heavy atom. The zero-order chi connectivity index (χ0) is 13.8. The van der Waals surface area contributed by atoms with Gasteiger partial charge in [0.25, 0.3) is 0 Å². The van der Waals surface area contributed by atoms with Gasteiger partial charge >= 0.3 is 0 Å². The molecule has 0 aliphatic heterocycles. The van der Waals surface area contributed by atoms with Crippen molar-refractivity contribution in [3.8, 4) is 0 Å². The molecule has 1 aromatic heterocycles. The van der Waals surface area contributed by atoms with Crippen LogP contribution in [0.5, 0.6) is 0 Å². The largest absolute Gasteiger partial charge is 0.312 e. The van der Waals surface area contributed by atoms with E-state index < -0.39 is 0 Å². The summed E-state index contributed by atoms with van der Waals surface area (Å²) in [5.74, 6) is 0.00940. The van der Waals surface area contributed by atoms with Gasteiger partial charge in [-0.3, -0.25) is 4.98 Å². The normalized spacial score (nSPS) is 14.1. The topological polar surface area (TPSA) is 24.9 Å². The van der Waals surface area contributed by atoms with E-state index in [-0.39, 0.29) is 17.8 Å². The van der Waals surface area contributed by atoms with Crippen molar-refractivity contribution < 1.29 is 4.39 Å². The molecule has 1 aromatic carbocycles. The highest BCUT2D eigenvalue weighted by molar-refractivity contribution is 5.30. The molecule has 0 spiro atoms. The third-order valence-corrected chi connectivity index (χ3v) is 3.53. The van der Waals surface area contributed by atoms with E-state index in [1.807, 2.05) is 32.2 Å². The first-order valence-corrected chi connectivity index (χ1v) is 6.46. The van der Waals surface area contributed by atoms with Crippen molar-refractivity contribution in [3.63, 3.8) is 0 Å². The summed E-state index contributed by atoms with van der Waals surface area (Å²) in [5, 5.41) is 3.22. The van der Waals surface area contributed by atoms with Crippen LogP contribution in [0.25, 0.3) is 0 Å². The van der Waals surface area contributed by atoms with Gasteiger partial charge in [-0.05, 0) is 37.7 Å². The second kappa shape index (κ2) is 5.93. The molecule has 2 aromatic rings. The molecule has 0 aliphatic rings. The Morgan fingerprint density at radius 2 is 1.84 bits per heavy atom. The minimum Gasteiger partial charge on any atom is -0.312 e. The Kier molecular flexibility index (Phi) is 4.27. The van der Waals surface area contributed by atoms with Crippen molar-refractivity contribution in [3.05, 3.63) is 65.2 Å². The van der Waals surface area contributed by atoms with Crippen molar-refractivity contribution in [1.82, 2.24) is 10.3 Å². The van der Waals surface area contributed by atoms with Gasteiger partial charge in [-0.1, -0.05) is 24.6 Å². The van der Waals surface area contributed by atoms with Gasteiger partial charge in [-0.15, -0.1) is 0 Å². The van der Waals surface area contributed by atoms with Gasteiger partial charge < -0.3 is 5.32 Å². The fourth-order valence-electron chi connectivity index (χ4n) is 2.44. The molecule has 2 rings (SSSR count). The van der Waals surface area contributed by atoms with Crippen molar-refractivity contribution in [2.24, 2.45) is 0 Å². The average Bonchev–Trinajstić information content (AvgIpc) is 2.44. The van der Waals surface area contributed by atoms with E-state index in [0.29, 0.717) is 5.56 Å². The van der Waals surface area contributed by atoms with E-state index in [1.165, 1.54) is 6.07 Å². The van der Waals surface area contributed by atoms with Gasteiger partial charge in [-0.2, -0.15) is 0 Å². The SMILES string of the molecule is CNC(c1cc(C)ccc1F)C(C)c1ccncc1. The molecule has 2 nitrogen and oxygen atoms in total. The number of hydrogen-bond donors (Lipinski definition) is 1. The Balaban J connectivity index is 2.37. The molecule has 0 fully saturated rings. The Morgan fingerprint density at radius 1 is 1.16 bits per heavy atom. The fraction of sp³-hybridized carbons (Fsp3) is 0.312. The van der Waals surface area contributed by atoms with Crippen LogP contribution >= 0.6 is 0 Å². The van der Waals surface area contributed by atoms with Gasteiger partial charge in [0.15, 0.2) is 0 Å². The highest BCUT2D eigenvalue weighted by Crippen LogP contribution is 2.31. The first-order chi connectivity index (χ1) is 9.13. The fourth-order valence-corrected chi connectivity index (χ4v) is 2.44. The lowest BCUT2D eigenvalue weighted by Gasteiger charge is -2.25. The van der Waals surface area contributed by atoms with E-state index in [9.17, 15) is 4.39 Å². The van der Waals surface area contributed by atoms with Crippen LogP contribution in [0.2, 0.25) is 0 Å². The zero-order valence-corrected chi connectivity index (χ0v) is 11.5. The molecule has 100 valence electrons. The van der Waals surface area contributed by atoms with E-state index >= 15 is 0 Å². The summed E-state index contributed by atoms with van der Waals surface area (Å²) in [6, 6.07) is 9.14. The molecule has 2 unspecified atom stereocenters. The molecule has 0 saturated carbocycles. The molecule has 0 aliphatic carbocycles. The van der Waals surface area contributed by atoms with Crippen LogP contribution in [0.1, 0.15) is 35.6 Å². The predicted octanol–water partition coefficient (Wildman–Crippen LogP) is 3.59. The number of hydrogen-bond acceptors (Lipinski definition) is 2. The Hall–Kier alpha value is -1.74. The van der Waals surface area contributed by atoms with Crippen LogP contribution in [-0.4, -0.2) is 12.0 Å². The zero-order valence-electron chi connectivity index (χ0n) is 11.5. The summed E-state index contributed by atoms with van der Waals surface area (Å²) in [6.07, 6.45) is 3.54. The molecule has 3 heteroatoms. The third-order valence-electron chi connectivity index (χ3n) is 3.53. The lowest BCUT2D eigenvalue weighted by atomic mass is 9.88. The number of benzene rings is 1. The van der Waals surface area contributed by atoms with Crippen molar-refractivity contribution >= 4 is 0 Å². The molecule has 19 heavy (non-hydrogen) atoms. The molecule has 0 saturated heterocycles. The van der Waals surface area contributed by atoms with Gasteiger partial charge in [0.05, 0.1) is 0 Å².